The fraction of sp³-hybridized carbons (Fsp3) is 0.0753. The van der Waals surface area contributed by atoms with E-state index < -0.39 is 5.41 Å². The van der Waals surface area contributed by atoms with Gasteiger partial charge in [0.25, 0.3) is 0 Å². The van der Waals surface area contributed by atoms with Gasteiger partial charge in [-0.25, -0.2) is 9.97 Å². The molecule has 12 aromatic carbocycles. The Morgan fingerprint density at radius 2 is 0.557 bits per heavy atom. The second-order valence-corrected chi connectivity index (χ2v) is 28.0. The minimum atomic E-state index is -0.495. The number of pyridine rings is 2. The maximum atomic E-state index is 4.76. The van der Waals surface area contributed by atoms with Crippen LogP contribution in [0.2, 0.25) is 0 Å². The van der Waals surface area contributed by atoms with Crippen LogP contribution < -0.4 is 0 Å². The summed E-state index contributed by atoms with van der Waals surface area (Å²) in [6.07, 6.45) is 13.0. The van der Waals surface area contributed by atoms with Crippen molar-refractivity contribution in [2.24, 2.45) is 0 Å². The molecule has 4 aromatic heterocycles. The first kappa shape index (κ1) is 55.5. The number of hydrogen-bond donors (Lipinski definition) is 0. The predicted octanol–water partition coefficient (Wildman–Crippen LogP) is 23.3. The molecule has 20 rings (SSSR count). The lowest BCUT2D eigenvalue weighted by Crippen LogP contribution is -2.26. The molecule has 0 fully saturated rings. The molecule has 0 bridgehead atoms. The van der Waals surface area contributed by atoms with E-state index in [4.69, 9.17) is 9.97 Å². The van der Waals surface area contributed by atoms with E-state index in [-0.39, 0.29) is 10.8 Å². The van der Waals surface area contributed by atoms with Crippen molar-refractivity contribution in [1.29, 1.82) is 0 Å². The Hall–Kier alpha value is -12.0. The van der Waals surface area contributed by atoms with E-state index in [1.807, 2.05) is 24.5 Å². The van der Waals surface area contributed by atoms with E-state index >= 15 is 0 Å². The van der Waals surface area contributed by atoms with Gasteiger partial charge < -0.3 is 0 Å². The van der Waals surface area contributed by atoms with Crippen LogP contribution in [0.5, 0.6) is 0 Å². The summed E-state index contributed by atoms with van der Waals surface area (Å²) in [5.74, 6) is 1.85. The lowest BCUT2D eigenvalue weighted by Gasteiger charge is -2.30. The van der Waals surface area contributed by atoms with E-state index in [0.29, 0.717) is 0 Å². The van der Waals surface area contributed by atoms with Gasteiger partial charge in [0, 0.05) is 44.8 Å². The number of hydrogen-bond acceptors (Lipinski definition) is 2. The van der Waals surface area contributed by atoms with Crippen molar-refractivity contribution < 1.29 is 0 Å². The smallest absolute Gasteiger partial charge is 0.137 e. The van der Waals surface area contributed by atoms with E-state index in [2.05, 4.69) is 328 Å². The molecule has 97 heavy (non-hydrogen) atoms. The largest absolute Gasteiger partial charge is 0.294 e. The van der Waals surface area contributed by atoms with Crippen LogP contribution >= 0.6 is 0 Å². The number of fused-ring (bicyclic) bond motifs is 22. The van der Waals surface area contributed by atoms with Crippen LogP contribution in [0.15, 0.2) is 291 Å². The summed E-state index contributed by atoms with van der Waals surface area (Å²) in [6, 6.07) is 104. The van der Waals surface area contributed by atoms with Gasteiger partial charge >= 0.3 is 0 Å². The maximum absolute atomic E-state index is 4.76. The van der Waals surface area contributed by atoms with Crippen LogP contribution in [-0.2, 0) is 16.2 Å². The third-order valence-corrected chi connectivity index (χ3v) is 22.2. The molecular weight excluding hydrogens is 1170 g/mol. The first-order valence-corrected chi connectivity index (χ1v) is 33.9. The molecule has 0 amide bonds. The monoisotopic (exact) mass is 1240 g/mol. The van der Waals surface area contributed by atoms with Crippen molar-refractivity contribution in [3.8, 4) is 78.4 Å². The Balaban J connectivity index is 0.605. The highest BCUT2D eigenvalue weighted by atomic mass is 15.1. The molecule has 0 aliphatic heterocycles. The zero-order valence-electron chi connectivity index (χ0n) is 54.3. The number of rotatable bonds is 8. The lowest BCUT2D eigenvalue weighted by molar-refractivity contribution is 0.660. The van der Waals surface area contributed by atoms with Gasteiger partial charge in [-0.1, -0.05) is 246 Å². The van der Waals surface area contributed by atoms with Crippen LogP contribution in [0.25, 0.3) is 146 Å². The highest BCUT2D eigenvalue weighted by Gasteiger charge is 2.52. The second-order valence-electron chi connectivity index (χ2n) is 28.0. The molecule has 0 saturated heterocycles. The zero-order valence-corrected chi connectivity index (χ0v) is 54.3. The topological polar surface area (TPSA) is 35.6 Å². The average molecular weight is 1240 g/mol. The predicted molar refractivity (Wildman–Crippen MR) is 404 cm³/mol. The van der Waals surface area contributed by atoms with Crippen molar-refractivity contribution in [3.05, 3.63) is 358 Å². The molecule has 4 aliphatic carbocycles. The minimum Gasteiger partial charge on any atom is -0.294 e. The molecule has 4 heteroatoms. The van der Waals surface area contributed by atoms with E-state index in [9.17, 15) is 0 Å². The summed E-state index contributed by atoms with van der Waals surface area (Å²) in [4.78, 5) is 9.51. The molecule has 1 spiro atoms. The fourth-order valence-electron chi connectivity index (χ4n) is 17.6. The normalized spacial score (nSPS) is 14.6. The Kier molecular flexibility index (Phi) is 11.7. The number of benzene rings is 12. The molecule has 456 valence electrons. The van der Waals surface area contributed by atoms with Gasteiger partial charge in [-0.2, -0.15) is 0 Å². The number of para-hydroxylation sites is 2. The van der Waals surface area contributed by atoms with Crippen molar-refractivity contribution in [2.45, 2.75) is 43.9 Å². The summed E-state index contributed by atoms with van der Waals surface area (Å²) in [6.45, 7) is 9.57. The summed E-state index contributed by atoms with van der Waals surface area (Å²) in [5.41, 5.74) is 34.6. The van der Waals surface area contributed by atoms with Crippen LogP contribution in [0.3, 0.4) is 0 Å². The van der Waals surface area contributed by atoms with Gasteiger partial charge in [-0.05, 0) is 218 Å². The first-order chi connectivity index (χ1) is 47.6. The van der Waals surface area contributed by atoms with Gasteiger partial charge in [0.15, 0.2) is 0 Å². The van der Waals surface area contributed by atoms with Gasteiger partial charge in [0.2, 0.25) is 0 Å². The minimum absolute atomic E-state index is 0.200. The molecule has 0 atom stereocenters. The van der Waals surface area contributed by atoms with Crippen LogP contribution in [0.1, 0.15) is 94.5 Å². The highest BCUT2D eigenvalue weighted by Crippen LogP contribution is 2.63. The molecule has 4 nitrogen and oxygen atoms in total. The Morgan fingerprint density at radius 3 is 0.969 bits per heavy atom. The molecule has 16 aromatic rings. The SMILES string of the molecule is CC1(C)c2cc(/C=C/c3ccc4c(c3)C3(c5ccccc5-c5ccccc53)c3cc(/C=C/c5ccc6c(c5)C(C)(C)c5cc(-c7ccc8c(c7)c7ccccc7n8-c7ccccn7)ccc5-6)ccc3-4)ccc2-c2ccc(-c3ccc4c(c3)c3ccccc3n4-c3ccccn3)cc21. The van der Waals surface area contributed by atoms with E-state index in [0.717, 1.165) is 33.7 Å². The Bertz CT molecular complexity index is 5750. The van der Waals surface area contributed by atoms with Gasteiger partial charge in [-0.3, -0.25) is 9.13 Å². The quantitative estimate of drug-likeness (QED) is 0.142. The van der Waals surface area contributed by atoms with Crippen LogP contribution in [0.4, 0.5) is 0 Å². The highest BCUT2D eigenvalue weighted by molar-refractivity contribution is 6.12. The van der Waals surface area contributed by atoms with E-state index in [1.165, 1.54) is 155 Å². The van der Waals surface area contributed by atoms with Gasteiger partial charge in [0.1, 0.15) is 11.6 Å². The summed E-state index contributed by atoms with van der Waals surface area (Å²) < 4.78 is 4.56. The summed E-state index contributed by atoms with van der Waals surface area (Å²) in [7, 11) is 0. The molecule has 0 unspecified atom stereocenters. The number of nitrogens with zero attached hydrogens (tertiary/aromatic N) is 4. The van der Waals surface area contributed by atoms with Crippen molar-refractivity contribution in [1.82, 2.24) is 19.1 Å². The third-order valence-electron chi connectivity index (χ3n) is 22.2. The summed E-state index contributed by atoms with van der Waals surface area (Å²) in [5, 5.41) is 4.91. The molecule has 4 aliphatic rings. The van der Waals surface area contributed by atoms with Crippen LogP contribution in [-0.4, -0.2) is 19.1 Å². The van der Waals surface area contributed by atoms with Crippen LogP contribution in [0, 0.1) is 0 Å². The van der Waals surface area contributed by atoms with Gasteiger partial charge in [-0.15, -0.1) is 0 Å². The Labute approximate surface area is 564 Å². The fourth-order valence-corrected chi connectivity index (χ4v) is 17.6. The van der Waals surface area contributed by atoms with Crippen molar-refractivity contribution >= 4 is 67.9 Å². The third kappa shape index (κ3) is 7.99. The van der Waals surface area contributed by atoms with Crippen molar-refractivity contribution in [2.75, 3.05) is 0 Å². The summed E-state index contributed by atoms with van der Waals surface area (Å²) >= 11 is 0. The van der Waals surface area contributed by atoms with Crippen molar-refractivity contribution in [3.63, 3.8) is 0 Å². The average Bonchev–Trinajstić information content (AvgIpc) is 1.51. The lowest BCUT2D eigenvalue weighted by atomic mass is 9.70. The molecule has 0 radical (unpaired) electrons. The molecule has 0 N–H and O–H groups in total. The second kappa shape index (κ2) is 20.5. The Morgan fingerprint density at radius 1 is 0.247 bits per heavy atom. The maximum Gasteiger partial charge on any atom is 0.137 e. The molecular formula is C93H64N4. The standard InChI is InChI=1S/C93H64N4/c1-91(2)79-49-57(31-39-67(79)69-43-35-63(55-81(69)91)61-37-45-87-75(53-61)73-19-7-11-23-85(73)96(87)89-25-13-15-47-94-89)27-29-59-33-41-71-72-42-34-60(52-84(72)93(83(71)51-59)77-21-9-5-17-65(77)66-18-6-10-22-78(66)93)30-28-58-32-40-68-70-44-36-64(56-82(70)92(3,4)80(68)50-58)62-38-46-88-76(54-62)74-20-8-12-24-86(74)97(88)90-26-14-16-48-95-90/h5-56H,1-4H3/b29-27+,30-28+. The zero-order chi connectivity index (χ0) is 64.5. The van der Waals surface area contributed by atoms with E-state index in [1.54, 1.807) is 0 Å². The number of aromatic nitrogens is 4. The molecule has 4 heterocycles. The molecule has 0 saturated carbocycles. The van der Waals surface area contributed by atoms with Gasteiger partial charge in [0.05, 0.1) is 27.5 Å². The first-order valence-electron chi connectivity index (χ1n) is 33.9.